The van der Waals surface area contributed by atoms with Crippen molar-refractivity contribution in [3.8, 4) is 5.75 Å². The first-order chi connectivity index (χ1) is 19.2. The van der Waals surface area contributed by atoms with Crippen LogP contribution >= 0.6 is 0 Å². The number of halogens is 3. The number of hydrogen-bond donors (Lipinski definition) is 0. The van der Waals surface area contributed by atoms with Crippen LogP contribution in [0.2, 0.25) is 0 Å². The molecule has 210 valence electrons. The third-order valence-electron chi connectivity index (χ3n) is 7.36. The first kappa shape index (κ1) is 28.0. The number of hydrogen-bond acceptors (Lipinski definition) is 4. The largest absolute Gasteiger partial charge is 0.573 e. The molecule has 0 atom stereocenters. The van der Waals surface area contributed by atoms with Crippen molar-refractivity contribution in [3.63, 3.8) is 0 Å². The highest BCUT2D eigenvalue weighted by Crippen LogP contribution is 2.30. The number of piperidine rings is 1. The Bertz CT molecular complexity index is 1520. The molecule has 0 saturated carbocycles. The van der Waals surface area contributed by atoms with Crippen LogP contribution in [0.25, 0.3) is 10.8 Å². The van der Waals surface area contributed by atoms with Crippen molar-refractivity contribution in [1.82, 2.24) is 4.90 Å². The fourth-order valence-electron chi connectivity index (χ4n) is 5.21. The van der Waals surface area contributed by atoms with Crippen molar-refractivity contribution in [3.05, 3.63) is 108 Å². The summed E-state index contributed by atoms with van der Waals surface area (Å²) < 4.78 is 70.7. The van der Waals surface area contributed by atoms with Crippen LogP contribution in [-0.4, -0.2) is 45.1 Å². The maximum absolute atomic E-state index is 13.8. The summed E-state index contributed by atoms with van der Waals surface area (Å²) >= 11 is 0. The average molecular weight is 569 g/mol. The first-order valence-electron chi connectivity index (χ1n) is 13.3. The lowest BCUT2D eigenvalue weighted by Crippen LogP contribution is -2.40. The molecule has 0 N–H and O–H groups in total. The number of fused-ring (bicyclic) bond motifs is 1. The van der Waals surface area contributed by atoms with Crippen LogP contribution in [0.1, 0.15) is 29.9 Å². The number of nitrogens with zero attached hydrogens (tertiary/aromatic N) is 2. The number of ether oxygens (including phenoxy) is 1. The highest BCUT2D eigenvalue weighted by molar-refractivity contribution is 7.92. The normalized spacial score (nSPS) is 15.3. The van der Waals surface area contributed by atoms with E-state index in [2.05, 4.69) is 21.8 Å². The molecule has 0 unspecified atom stereocenters. The molecule has 1 aliphatic rings. The molecule has 0 amide bonds. The van der Waals surface area contributed by atoms with E-state index in [9.17, 15) is 21.6 Å². The Morgan fingerprint density at radius 1 is 0.825 bits per heavy atom. The summed E-state index contributed by atoms with van der Waals surface area (Å²) in [7, 11) is -3.77. The molecule has 1 saturated heterocycles. The maximum Gasteiger partial charge on any atom is 0.573 e. The molecule has 1 aliphatic heterocycles. The smallest absolute Gasteiger partial charge is 0.406 e. The Kier molecular flexibility index (Phi) is 8.32. The van der Waals surface area contributed by atoms with Crippen LogP contribution in [-0.2, 0) is 16.6 Å². The van der Waals surface area contributed by atoms with Gasteiger partial charge in [0.15, 0.2) is 0 Å². The molecular weight excluding hydrogens is 537 g/mol. The molecule has 1 heterocycles. The molecule has 0 spiro atoms. The zero-order valence-electron chi connectivity index (χ0n) is 21.9. The van der Waals surface area contributed by atoms with Gasteiger partial charge in [0, 0.05) is 6.54 Å². The summed E-state index contributed by atoms with van der Waals surface area (Å²) in [5.41, 5.74) is 2.39. The van der Waals surface area contributed by atoms with Gasteiger partial charge in [0.2, 0.25) is 10.0 Å². The van der Waals surface area contributed by atoms with Crippen LogP contribution in [0.15, 0.2) is 97.1 Å². The summed E-state index contributed by atoms with van der Waals surface area (Å²) in [6.07, 6.45) is -2.84. The molecule has 0 aliphatic carbocycles. The van der Waals surface area contributed by atoms with Gasteiger partial charge in [-0.25, -0.2) is 8.42 Å². The van der Waals surface area contributed by atoms with Gasteiger partial charge < -0.3 is 9.64 Å². The minimum absolute atomic E-state index is 0.0109. The number of rotatable bonds is 9. The molecule has 40 heavy (non-hydrogen) atoms. The minimum atomic E-state index is -4.79. The van der Waals surface area contributed by atoms with Crippen molar-refractivity contribution in [2.24, 2.45) is 0 Å². The standard InChI is InChI=1S/C31H31F3N2O3S/c32-31(33,34)39-30-14-10-24(11-15-30)23-36(29-13-12-26-8-4-5-9-28(26)22-29)40(37,38)21-20-35-18-16-27(17-19-35)25-6-2-1-3-7-25/h1-15,22,27H,16-21,23H2. The second kappa shape index (κ2) is 11.9. The van der Waals surface area contributed by atoms with Crippen LogP contribution in [0, 0.1) is 0 Å². The predicted octanol–water partition coefficient (Wildman–Crippen LogP) is 6.95. The Balaban J connectivity index is 1.32. The fraction of sp³-hybridized carbons (Fsp3) is 0.290. The van der Waals surface area contributed by atoms with E-state index in [1.165, 1.54) is 34.1 Å². The molecule has 1 fully saturated rings. The number of alkyl halides is 3. The molecule has 4 aromatic carbocycles. The molecular formula is C31H31F3N2O3S. The second-order valence-corrected chi connectivity index (χ2v) is 12.1. The van der Waals surface area contributed by atoms with E-state index in [4.69, 9.17) is 0 Å². The zero-order valence-corrected chi connectivity index (χ0v) is 22.7. The number of likely N-dealkylation sites (tertiary alicyclic amines) is 1. The summed E-state index contributed by atoms with van der Waals surface area (Å²) in [5, 5.41) is 1.88. The topological polar surface area (TPSA) is 49.9 Å². The number of anilines is 1. The highest BCUT2D eigenvalue weighted by atomic mass is 32.2. The van der Waals surface area contributed by atoms with E-state index >= 15 is 0 Å². The van der Waals surface area contributed by atoms with Gasteiger partial charge in [0.05, 0.1) is 18.0 Å². The van der Waals surface area contributed by atoms with Crippen LogP contribution in [0.4, 0.5) is 18.9 Å². The van der Waals surface area contributed by atoms with Gasteiger partial charge in [-0.3, -0.25) is 4.31 Å². The van der Waals surface area contributed by atoms with E-state index < -0.39 is 16.4 Å². The molecule has 0 aromatic heterocycles. The quantitative estimate of drug-likeness (QED) is 0.219. The van der Waals surface area contributed by atoms with Crippen LogP contribution in [0.3, 0.4) is 0 Å². The summed E-state index contributed by atoms with van der Waals surface area (Å²) in [5.74, 6) is 0.0631. The Hall–Kier alpha value is -3.56. The van der Waals surface area contributed by atoms with E-state index in [1.54, 1.807) is 6.07 Å². The predicted molar refractivity (Wildman–Crippen MR) is 152 cm³/mol. The first-order valence-corrected chi connectivity index (χ1v) is 14.9. The van der Waals surface area contributed by atoms with Gasteiger partial charge in [0.25, 0.3) is 0 Å². The second-order valence-electron chi connectivity index (χ2n) is 10.1. The number of sulfonamides is 1. The van der Waals surface area contributed by atoms with Gasteiger partial charge in [-0.1, -0.05) is 72.8 Å². The lowest BCUT2D eigenvalue weighted by Gasteiger charge is -2.33. The third-order valence-corrected chi connectivity index (χ3v) is 9.07. The SMILES string of the molecule is O=S(=O)(CCN1CCC(c2ccccc2)CC1)N(Cc1ccc(OC(F)(F)F)cc1)c1ccc2ccccc2c1. The van der Waals surface area contributed by atoms with Crippen molar-refractivity contribution in [2.45, 2.75) is 31.7 Å². The van der Waals surface area contributed by atoms with E-state index in [1.807, 2.05) is 54.6 Å². The van der Waals surface area contributed by atoms with E-state index in [-0.39, 0.29) is 18.0 Å². The lowest BCUT2D eigenvalue weighted by atomic mass is 9.89. The van der Waals surface area contributed by atoms with Gasteiger partial charge in [0.1, 0.15) is 5.75 Å². The van der Waals surface area contributed by atoms with Gasteiger partial charge in [-0.15, -0.1) is 13.2 Å². The molecule has 9 heteroatoms. The molecule has 4 aromatic rings. The van der Waals surface area contributed by atoms with Gasteiger partial charge in [-0.2, -0.15) is 0 Å². The third kappa shape index (κ3) is 7.14. The molecule has 0 radical (unpaired) electrons. The number of benzene rings is 4. The fourth-order valence-corrected chi connectivity index (χ4v) is 6.70. The summed E-state index contributed by atoms with van der Waals surface area (Å²) in [4.78, 5) is 2.19. The summed E-state index contributed by atoms with van der Waals surface area (Å²) in [6, 6.07) is 28.9. The highest BCUT2D eigenvalue weighted by Gasteiger charge is 2.31. The van der Waals surface area contributed by atoms with Crippen molar-refractivity contribution in [2.75, 3.05) is 29.7 Å². The molecule has 5 rings (SSSR count). The minimum Gasteiger partial charge on any atom is -0.406 e. The van der Waals surface area contributed by atoms with E-state index in [0.29, 0.717) is 23.7 Å². The molecule has 0 bridgehead atoms. The summed E-state index contributed by atoms with van der Waals surface area (Å²) in [6.45, 7) is 2.05. The Morgan fingerprint density at radius 3 is 2.15 bits per heavy atom. The van der Waals surface area contributed by atoms with Crippen molar-refractivity contribution >= 4 is 26.5 Å². The Labute approximate surface area is 232 Å². The lowest BCUT2D eigenvalue weighted by molar-refractivity contribution is -0.274. The van der Waals surface area contributed by atoms with Crippen LogP contribution in [0.5, 0.6) is 5.75 Å². The van der Waals surface area contributed by atoms with E-state index in [0.717, 1.165) is 36.7 Å². The molecule has 5 nitrogen and oxygen atoms in total. The monoisotopic (exact) mass is 568 g/mol. The van der Waals surface area contributed by atoms with Crippen LogP contribution < -0.4 is 9.04 Å². The average Bonchev–Trinajstić information content (AvgIpc) is 2.95. The Morgan fingerprint density at radius 2 is 1.48 bits per heavy atom. The zero-order chi connectivity index (χ0) is 28.2. The van der Waals surface area contributed by atoms with Gasteiger partial charge in [-0.05, 0) is 78.0 Å². The van der Waals surface area contributed by atoms with Crippen molar-refractivity contribution in [1.29, 1.82) is 0 Å². The van der Waals surface area contributed by atoms with Gasteiger partial charge >= 0.3 is 6.36 Å². The maximum atomic E-state index is 13.8. The van der Waals surface area contributed by atoms with Crippen molar-refractivity contribution < 1.29 is 26.3 Å².